The fourth-order valence-electron chi connectivity index (χ4n) is 2.45. The first-order valence-electron chi connectivity index (χ1n) is 8.18. The predicted molar refractivity (Wildman–Crippen MR) is 103 cm³/mol. The summed E-state index contributed by atoms with van der Waals surface area (Å²) in [4.78, 5) is 12.0. The Labute approximate surface area is 165 Å². The Morgan fingerprint density at radius 2 is 1.62 bits per heavy atom. The fraction of sp³-hybridized carbons (Fsp3) is 0. The van der Waals surface area contributed by atoms with Gasteiger partial charge < -0.3 is 5.32 Å². The third-order valence-electron chi connectivity index (χ3n) is 3.83. The van der Waals surface area contributed by atoms with E-state index in [1.165, 1.54) is 30.3 Å². The van der Waals surface area contributed by atoms with Crippen LogP contribution in [0.5, 0.6) is 0 Å². The van der Waals surface area contributed by atoms with Gasteiger partial charge in [-0.05, 0) is 54.6 Å². The number of anilines is 2. The standard InChI is InChI=1S/C20H13F2N3O3S/c21-18-8-7-17(11-19(18)22)29(27,28)25-16-6-2-4-14(10-16)20(26)24-15-5-1-3-13(9-15)12-23/h1-11,25H,(H,24,26). The lowest BCUT2D eigenvalue weighted by atomic mass is 10.1. The molecule has 0 aromatic heterocycles. The van der Waals surface area contributed by atoms with E-state index in [1.54, 1.807) is 18.2 Å². The number of benzene rings is 3. The van der Waals surface area contributed by atoms with Crippen LogP contribution in [0.1, 0.15) is 15.9 Å². The Kier molecular flexibility index (Phi) is 5.57. The second kappa shape index (κ2) is 8.08. The van der Waals surface area contributed by atoms with Crippen molar-refractivity contribution < 1.29 is 22.0 Å². The average molecular weight is 413 g/mol. The van der Waals surface area contributed by atoms with Crippen molar-refractivity contribution in [2.75, 3.05) is 10.0 Å². The van der Waals surface area contributed by atoms with Gasteiger partial charge in [0.05, 0.1) is 16.5 Å². The van der Waals surface area contributed by atoms with Crippen molar-refractivity contribution in [3.8, 4) is 6.07 Å². The van der Waals surface area contributed by atoms with Crippen molar-refractivity contribution in [3.63, 3.8) is 0 Å². The molecule has 3 rings (SSSR count). The lowest BCUT2D eigenvalue weighted by Gasteiger charge is -2.10. The first-order chi connectivity index (χ1) is 13.8. The van der Waals surface area contributed by atoms with Gasteiger partial charge in [0.25, 0.3) is 15.9 Å². The van der Waals surface area contributed by atoms with Crippen molar-refractivity contribution in [2.45, 2.75) is 4.90 Å². The zero-order chi connectivity index (χ0) is 21.0. The van der Waals surface area contributed by atoms with Crippen LogP contribution < -0.4 is 10.0 Å². The number of sulfonamides is 1. The molecule has 6 nitrogen and oxygen atoms in total. The minimum Gasteiger partial charge on any atom is -0.322 e. The first kappa shape index (κ1) is 20.0. The number of carbonyl (C=O) groups is 1. The molecule has 0 aliphatic carbocycles. The Hall–Kier alpha value is -3.77. The van der Waals surface area contributed by atoms with Crippen LogP contribution in [0, 0.1) is 23.0 Å². The highest BCUT2D eigenvalue weighted by atomic mass is 32.2. The molecule has 146 valence electrons. The number of hydrogen-bond donors (Lipinski definition) is 2. The lowest BCUT2D eigenvalue weighted by molar-refractivity contribution is 0.102. The van der Waals surface area contributed by atoms with Gasteiger partial charge >= 0.3 is 0 Å². The van der Waals surface area contributed by atoms with Gasteiger partial charge in [-0.1, -0.05) is 12.1 Å². The number of nitrogens with zero attached hydrogens (tertiary/aromatic N) is 1. The van der Waals surface area contributed by atoms with E-state index >= 15 is 0 Å². The molecule has 0 aliphatic rings. The smallest absolute Gasteiger partial charge is 0.261 e. The van der Waals surface area contributed by atoms with E-state index in [4.69, 9.17) is 5.26 Å². The molecule has 3 aromatic carbocycles. The number of amides is 1. The second-order valence-corrected chi connectivity index (χ2v) is 7.59. The summed E-state index contributed by atoms with van der Waals surface area (Å²) in [7, 11) is -4.19. The Bertz CT molecular complexity index is 1240. The highest BCUT2D eigenvalue weighted by Crippen LogP contribution is 2.20. The SMILES string of the molecule is N#Cc1cccc(NC(=O)c2cccc(NS(=O)(=O)c3ccc(F)c(F)c3)c2)c1. The molecule has 9 heteroatoms. The van der Waals surface area contributed by atoms with E-state index in [9.17, 15) is 22.0 Å². The molecule has 0 atom stereocenters. The van der Waals surface area contributed by atoms with Crippen molar-refractivity contribution in [2.24, 2.45) is 0 Å². The zero-order valence-electron chi connectivity index (χ0n) is 14.7. The van der Waals surface area contributed by atoms with Gasteiger partial charge in [0.2, 0.25) is 0 Å². The molecular weight excluding hydrogens is 400 g/mol. The fourth-order valence-corrected chi connectivity index (χ4v) is 3.51. The van der Waals surface area contributed by atoms with Crippen molar-refractivity contribution >= 4 is 27.3 Å². The maximum absolute atomic E-state index is 13.3. The molecule has 0 saturated heterocycles. The molecule has 0 saturated carbocycles. The zero-order valence-corrected chi connectivity index (χ0v) is 15.5. The van der Waals surface area contributed by atoms with Crippen molar-refractivity contribution in [3.05, 3.63) is 89.5 Å². The molecule has 1 amide bonds. The van der Waals surface area contributed by atoms with E-state index in [1.807, 2.05) is 6.07 Å². The summed E-state index contributed by atoms with van der Waals surface area (Å²) in [5.41, 5.74) is 0.990. The quantitative estimate of drug-likeness (QED) is 0.663. The monoisotopic (exact) mass is 413 g/mol. The highest BCUT2D eigenvalue weighted by Gasteiger charge is 2.17. The minimum absolute atomic E-state index is 0.0631. The van der Waals surface area contributed by atoms with E-state index in [0.717, 1.165) is 6.07 Å². The van der Waals surface area contributed by atoms with E-state index in [-0.39, 0.29) is 11.3 Å². The number of halogens is 2. The number of nitrogens with one attached hydrogen (secondary N) is 2. The van der Waals surface area contributed by atoms with Gasteiger partial charge in [0, 0.05) is 16.9 Å². The summed E-state index contributed by atoms with van der Waals surface area (Å²) in [6.45, 7) is 0. The molecule has 2 N–H and O–H groups in total. The van der Waals surface area contributed by atoms with Gasteiger partial charge in [-0.3, -0.25) is 9.52 Å². The molecule has 0 aliphatic heterocycles. The van der Waals surface area contributed by atoms with Crippen molar-refractivity contribution in [1.82, 2.24) is 0 Å². The molecule has 0 radical (unpaired) electrons. The van der Waals surface area contributed by atoms with E-state index in [2.05, 4.69) is 10.0 Å². The summed E-state index contributed by atoms with van der Waals surface area (Å²) in [6.07, 6.45) is 0. The highest BCUT2D eigenvalue weighted by molar-refractivity contribution is 7.92. The largest absolute Gasteiger partial charge is 0.322 e. The van der Waals surface area contributed by atoms with Crippen LogP contribution in [0.2, 0.25) is 0 Å². The van der Waals surface area contributed by atoms with E-state index in [0.29, 0.717) is 23.4 Å². The Morgan fingerprint density at radius 3 is 2.34 bits per heavy atom. The van der Waals surface area contributed by atoms with Crippen LogP contribution in [-0.2, 0) is 10.0 Å². The molecule has 29 heavy (non-hydrogen) atoms. The van der Waals surface area contributed by atoms with Crippen LogP contribution in [0.25, 0.3) is 0 Å². The Morgan fingerprint density at radius 1 is 0.897 bits per heavy atom. The van der Waals surface area contributed by atoms with Gasteiger partial charge in [-0.25, -0.2) is 17.2 Å². The number of nitriles is 1. The molecule has 3 aromatic rings. The van der Waals surface area contributed by atoms with Gasteiger partial charge in [-0.2, -0.15) is 5.26 Å². The summed E-state index contributed by atoms with van der Waals surface area (Å²) < 4.78 is 53.3. The van der Waals surface area contributed by atoms with Crippen molar-refractivity contribution in [1.29, 1.82) is 5.26 Å². The lowest BCUT2D eigenvalue weighted by Crippen LogP contribution is -2.15. The van der Waals surface area contributed by atoms with E-state index < -0.39 is 32.5 Å². The third kappa shape index (κ3) is 4.75. The van der Waals surface area contributed by atoms with Crippen LogP contribution in [0.4, 0.5) is 20.2 Å². The molecule has 0 heterocycles. The molecular formula is C20H13F2N3O3S. The van der Waals surface area contributed by atoms with Crippen LogP contribution in [-0.4, -0.2) is 14.3 Å². The number of hydrogen-bond acceptors (Lipinski definition) is 4. The molecule has 0 spiro atoms. The minimum atomic E-state index is -4.19. The molecule has 0 fully saturated rings. The summed E-state index contributed by atoms with van der Waals surface area (Å²) >= 11 is 0. The second-order valence-electron chi connectivity index (χ2n) is 5.91. The summed E-state index contributed by atoms with van der Waals surface area (Å²) in [5, 5.41) is 11.5. The maximum atomic E-state index is 13.3. The number of carbonyl (C=O) groups excluding carboxylic acids is 1. The predicted octanol–water partition coefficient (Wildman–Crippen LogP) is 3.89. The molecule has 0 unspecified atom stereocenters. The number of rotatable bonds is 5. The van der Waals surface area contributed by atoms with Gasteiger partial charge in [0.1, 0.15) is 0 Å². The Balaban J connectivity index is 1.80. The van der Waals surface area contributed by atoms with Gasteiger partial charge in [-0.15, -0.1) is 0 Å². The normalized spacial score (nSPS) is 10.8. The van der Waals surface area contributed by atoms with Crippen LogP contribution in [0.3, 0.4) is 0 Å². The first-order valence-corrected chi connectivity index (χ1v) is 9.66. The average Bonchev–Trinajstić information content (AvgIpc) is 2.70. The van der Waals surface area contributed by atoms with Gasteiger partial charge in [0.15, 0.2) is 11.6 Å². The third-order valence-corrected chi connectivity index (χ3v) is 5.21. The summed E-state index contributed by atoms with van der Waals surface area (Å²) in [5.74, 6) is -2.97. The topological polar surface area (TPSA) is 99.1 Å². The van der Waals surface area contributed by atoms with Crippen LogP contribution >= 0.6 is 0 Å². The maximum Gasteiger partial charge on any atom is 0.261 e. The molecule has 0 bridgehead atoms. The van der Waals surface area contributed by atoms with Crippen LogP contribution in [0.15, 0.2) is 71.6 Å². The summed E-state index contributed by atoms with van der Waals surface area (Å²) in [6, 6.07) is 16.1.